The standard InChI is InChI=1S/C19H19N3O5S2/c1-10-9-28-18(20-10)21-19-22(3)16(23)15(29-19)8-12-5-6-13(14(7-12)26-4)27-11(2)17(24)25/h5-9,11H,1-4H3,(H,24,25)/b15-8+,21-19+. The van der Waals surface area contributed by atoms with Crippen LogP contribution in [0.1, 0.15) is 18.2 Å². The first kappa shape index (κ1) is 20.9. The molecular formula is C19H19N3O5S2. The lowest BCUT2D eigenvalue weighted by atomic mass is 10.2. The molecule has 1 aliphatic heterocycles. The van der Waals surface area contributed by atoms with Crippen LogP contribution >= 0.6 is 23.1 Å². The fourth-order valence-electron chi connectivity index (χ4n) is 2.39. The molecule has 10 heteroatoms. The van der Waals surface area contributed by atoms with E-state index in [2.05, 4.69) is 9.98 Å². The molecule has 152 valence electrons. The van der Waals surface area contributed by atoms with Gasteiger partial charge in [-0.3, -0.25) is 9.69 Å². The monoisotopic (exact) mass is 433 g/mol. The molecule has 2 heterocycles. The Bertz CT molecular complexity index is 1020. The van der Waals surface area contributed by atoms with Crippen LogP contribution in [0.5, 0.6) is 11.5 Å². The topological polar surface area (TPSA) is 101 Å². The molecule has 1 fully saturated rings. The molecule has 0 aliphatic carbocycles. The van der Waals surface area contributed by atoms with Crippen LogP contribution in [0.3, 0.4) is 0 Å². The van der Waals surface area contributed by atoms with Gasteiger partial charge in [0.2, 0.25) is 5.13 Å². The number of aryl methyl sites for hydroxylation is 1. The zero-order valence-electron chi connectivity index (χ0n) is 16.2. The van der Waals surface area contributed by atoms with E-state index >= 15 is 0 Å². The highest BCUT2D eigenvalue weighted by Gasteiger charge is 2.30. The molecule has 3 rings (SSSR count). The molecule has 1 aromatic heterocycles. The maximum atomic E-state index is 12.6. The summed E-state index contributed by atoms with van der Waals surface area (Å²) in [7, 11) is 3.13. The molecule has 1 atom stereocenters. The number of hydrogen-bond donors (Lipinski definition) is 1. The molecule has 8 nitrogen and oxygen atoms in total. The number of thioether (sulfide) groups is 1. The molecule has 2 aromatic rings. The molecule has 0 radical (unpaired) electrons. The summed E-state index contributed by atoms with van der Waals surface area (Å²) in [5, 5.41) is 12.1. The number of rotatable bonds is 6. The predicted molar refractivity (Wildman–Crippen MR) is 113 cm³/mol. The number of carbonyl (C=O) groups excluding carboxylic acids is 1. The minimum atomic E-state index is -1.07. The fraction of sp³-hybridized carbons (Fsp3) is 0.263. The second kappa shape index (κ2) is 8.66. The van der Waals surface area contributed by atoms with Crippen LogP contribution in [0.2, 0.25) is 0 Å². The molecule has 1 saturated heterocycles. The number of aromatic nitrogens is 1. The molecule has 0 spiro atoms. The SMILES string of the molecule is COc1cc(/C=C2/S/C(=N/c3nc(C)cs3)N(C)C2=O)ccc1OC(C)C(=O)O. The van der Waals surface area contributed by atoms with E-state index in [1.54, 1.807) is 31.3 Å². The Morgan fingerprint density at radius 3 is 2.76 bits per heavy atom. The van der Waals surface area contributed by atoms with Gasteiger partial charge < -0.3 is 14.6 Å². The summed E-state index contributed by atoms with van der Waals surface area (Å²) >= 11 is 2.68. The number of hydrogen-bond acceptors (Lipinski definition) is 8. The van der Waals surface area contributed by atoms with Crippen LogP contribution in [0, 0.1) is 6.92 Å². The molecule has 29 heavy (non-hydrogen) atoms. The summed E-state index contributed by atoms with van der Waals surface area (Å²) in [6.45, 7) is 3.33. The maximum Gasteiger partial charge on any atom is 0.344 e. The number of amides is 1. The van der Waals surface area contributed by atoms with Gasteiger partial charge in [-0.25, -0.2) is 9.78 Å². The molecule has 0 saturated carbocycles. The number of aliphatic carboxylic acids is 1. The molecule has 1 N–H and O–H groups in total. The van der Waals surface area contributed by atoms with Crippen molar-refractivity contribution in [1.29, 1.82) is 0 Å². The number of nitrogens with zero attached hydrogens (tertiary/aromatic N) is 3. The van der Waals surface area contributed by atoms with Crippen molar-refractivity contribution < 1.29 is 24.2 Å². The number of thiazole rings is 1. The first-order valence-electron chi connectivity index (χ1n) is 8.54. The van der Waals surface area contributed by atoms with E-state index in [4.69, 9.17) is 14.6 Å². The van der Waals surface area contributed by atoms with Crippen molar-refractivity contribution in [2.45, 2.75) is 20.0 Å². The van der Waals surface area contributed by atoms with E-state index in [9.17, 15) is 9.59 Å². The van der Waals surface area contributed by atoms with Crippen molar-refractivity contribution >= 4 is 51.4 Å². The Balaban J connectivity index is 1.84. The smallest absolute Gasteiger partial charge is 0.344 e. The van der Waals surface area contributed by atoms with Gasteiger partial charge in [-0.15, -0.1) is 11.3 Å². The number of methoxy groups -OCH3 is 1. The molecule has 1 aliphatic rings. The largest absolute Gasteiger partial charge is 0.493 e. The van der Waals surface area contributed by atoms with Crippen molar-refractivity contribution in [2.24, 2.45) is 4.99 Å². The summed E-state index contributed by atoms with van der Waals surface area (Å²) in [4.78, 5) is 34.3. The van der Waals surface area contributed by atoms with E-state index < -0.39 is 12.1 Å². The van der Waals surface area contributed by atoms with Crippen molar-refractivity contribution in [3.63, 3.8) is 0 Å². The highest BCUT2D eigenvalue weighted by atomic mass is 32.2. The van der Waals surface area contributed by atoms with Crippen molar-refractivity contribution in [1.82, 2.24) is 9.88 Å². The number of likely N-dealkylation sites (N-methyl/N-ethyl adjacent to an activating group) is 1. The van der Waals surface area contributed by atoms with Crippen LogP contribution in [-0.4, -0.2) is 52.3 Å². The van der Waals surface area contributed by atoms with Gasteiger partial charge in [0.25, 0.3) is 5.91 Å². The highest BCUT2D eigenvalue weighted by molar-refractivity contribution is 8.18. The van der Waals surface area contributed by atoms with Gasteiger partial charge in [0.1, 0.15) is 0 Å². The summed E-state index contributed by atoms with van der Waals surface area (Å²) in [5.41, 5.74) is 1.60. The van der Waals surface area contributed by atoms with Gasteiger partial charge in [0.15, 0.2) is 22.8 Å². The summed E-state index contributed by atoms with van der Waals surface area (Å²) in [6, 6.07) is 5.03. The average molecular weight is 434 g/mol. The van der Waals surface area contributed by atoms with Crippen molar-refractivity contribution in [3.05, 3.63) is 39.7 Å². The van der Waals surface area contributed by atoms with E-state index in [0.717, 1.165) is 5.69 Å². The predicted octanol–water partition coefficient (Wildman–Crippen LogP) is 3.55. The molecular weight excluding hydrogens is 414 g/mol. The van der Waals surface area contributed by atoms with Crippen LogP contribution in [0.15, 0.2) is 33.5 Å². The number of benzene rings is 1. The molecule has 1 aromatic carbocycles. The Hall–Kier alpha value is -2.85. The Morgan fingerprint density at radius 2 is 2.14 bits per heavy atom. The highest BCUT2D eigenvalue weighted by Crippen LogP contribution is 2.35. The van der Waals surface area contributed by atoms with Crippen LogP contribution < -0.4 is 9.47 Å². The van der Waals surface area contributed by atoms with Crippen LogP contribution in [0.4, 0.5) is 5.13 Å². The van der Waals surface area contributed by atoms with Crippen LogP contribution in [0.25, 0.3) is 6.08 Å². The van der Waals surface area contributed by atoms with Crippen LogP contribution in [-0.2, 0) is 9.59 Å². The second-order valence-corrected chi connectivity index (χ2v) is 7.99. The van der Waals surface area contributed by atoms with Gasteiger partial charge >= 0.3 is 5.97 Å². The molecule has 1 unspecified atom stereocenters. The zero-order chi connectivity index (χ0) is 21.1. The number of carboxylic acid groups (broad SMARTS) is 1. The lowest BCUT2D eigenvalue weighted by Gasteiger charge is -2.14. The Labute approximate surface area is 175 Å². The van der Waals surface area contributed by atoms with E-state index in [1.165, 1.54) is 42.0 Å². The molecule has 1 amide bonds. The van der Waals surface area contributed by atoms with Gasteiger partial charge in [0, 0.05) is 12.4 Å². The van der Waals surface area contributed by atoms with Gasteiger partial charge in [-0.1, -0.05) is 6.07 Å². The fourth-order valence-corrected chi connectivity index (χ4v) is 4.08. The average Bonchev–Trinajstić information content (AvgIpc) is 3.21. The van der Waals surface area contributed by atoms with E-state index in [-0.39, 0.29) is 5.91 Å². The third kappa shape index (κ3) is 4.77. The van der Waals surface area contributed by atoms with E-state index in [1.807, 2.05) is 12.3 Å². The van der Waals surface area contributed by atoms with Gasteiger partial charge in [-0.05, 0) is 49.4 Å². The van der Waals surface area contributed by atoms with Gasteiger partial charge in [-0.2, -0.15) is 4.99 Å². The minimum Gasteiger partial charge on any atom is -0.493 e. The quantitative estimate of drug-likeness (QED) is 0.695. The van der Waals surface area contributed by atoms with Gasteiger partial charge in [0.05, 0.1) is 17.7 Å². The number of carbonyl (C=O) groups is 2. The third-order valence-electron chi connectivity index (χ3n) is 3.94. The molecule has 0 bridgehead atoms. The lowest BCUT2D eigenvalue weighted by molar-refractivity contribution is -0.144. The second-order valence-electron chi connectivity index (χ2n) is 6.15. The summed E-state index contributed by atoms with van der Waals surface area (Å²) < 4.78 is 10.7. The number of carboxylic acids is 1. The lowest BCUT2D eigenvalue weighted by Crippen LogP contribution is -2.23. The first-order valence-corrected chi connectivity index (χ1v) is 10.2. The normalized spacial score (nSPS) is 17.8. The number of amidine groups is 1. The number of ether oxygens (including phenoxy) is 2. The van der Waals surface area contributed by atoms with E-state index in [0.29, 0.717) is 32.3 Å². The number of aliphatic imine (C=N–C) groups is 1. The summed E-state index contributed by atoms with van der Waals surface area (Å²) in [6.07, 6.45) is 0.716. The Kier molecular flexibility index (Phi) is 6.23. The summed E-state index contributed by atoms with van der Waals surface area (Å²) in [5.74, 6) is -0.547. The van der Waals surface area contributed by atoms with Crippen molar-refractivity contribution in [3.8, 4) is 11.5 Å². The third-order valence-corrected chi connectivity index (χ3v) is 5.85. The maximum absolute atomic E-state index is 12.6. The van der Waals surface area contributed by atoms with Crippen molar-refractivity contribution in [2.75, 3.05) is 14.2 Å². The first-order chi connectivity index (χ1) is 13.8. The Morgan fingerprint density at radius 1 is 1.38 bits per heavy atom. The minimum absolute atomic E-state index is 0.166. The zero-order valence-corrected chi connectivity index (χ0v) is 17.8.